The normalized spacial score (nSPS) is 25.8. The third-order valence-electron chi connectivity index (χ3n) is 2.57. The molecule has 1 unspecified atom stereocenters. The second-order valence-corrected chi connectivity index (χ2v) is 6.00. The third kappa shape index (κ3) is 2.17. The fraction of sp³-hybridized carbons (Fsp3) is 0.364. The SMILES string of the molecule is CC1(C)N=NSC1(Cl)C(=O)Nc1ccccc1. The second kappa shape index (κ2) is 4.31. The lowest BCUT2D eigenvalue weighted by atomic mass is 10.00. The van der Waals surface area contributed by atoms with Crippen molar-refractivity contribution in [2.24, 2.45) is 9.63 Å². The molecule has 0 bridgehead atoms. The van der Waals surface area contributed by atoms with E-state index in [1.54, 1.807) is 26.0 Å². The van der Waals surface area contributed by atoms with Gasteiger partial charge in [0.25, 0.3) is 5.91 Å². The maximum Gasteiger partial charge on any atom is 0.260 e. The van der Waals surface area contributed by atoms with Crippen molar-refractivity contribution < 1.29 is 4.79 Å². The first-order valence-electron chi connectivity index (χ1n) is 5.11. The number of halogens is 1. The van der Waals surface area contributed by atoms with Gasteiger partial charge in [-0.3, -0.25) is 4.79 Å². The van der Waals surface area contributed by atoms with Crippen LogP contribution >= 0.6 is 23.5 Å². The van der Waals surface area contributed by atoms with Crippen LogP contribution in [0.15, 0.2) is 40.0 Å². The average molecular weight is 270 g/mol. The molecule has 0 saturated heterocycles. The zero-order valence-corrected chi connectivity index (χ0v) is 11.0. The Kier molecular flexibility index (Phi) is 3.14. The summed E-state index contributed by atoms with van der Waals surface area (Å²) in [5, 5.41) is 6.75. The molecule has 1 amide bonds. The minimum absolute atomic E-state index is 0.301. The van der Waals surface area contributed by atoms with Crippen LogP contribution in [0.3, 0.4) is 0 Å². The van der Waals surface area contributed by atoms with E-state index >= 15 is 0 Å². The van der Waals surface area contributed by atoms with Gasteiger partial charge in [-0.25, -0.2) is 0 Å². The summed E-state index contributed by atoms with van der Waals surface area (Å²) in [6.45, 7) is 3.57. The van der Waals surface area contributed by atoms with Crippen LogP contribution in [0.4, 0.5) is 5.69 Å². The van der Waals surface area contributed by atoms with E-state index in [1.165, 1.54) is 0 Å². The van der Waals surface area contributed by atoms with Gasteiger partial charge in [0.2, 0.25) is 4.21 Å². The number of carbonyl (C=O) groups is 1. The predicted molar refractivity (Wildman–Crippen MR) is 70.2 cm³/mol. The molecule has 17 heavy (non-hydrogen) atoms. The highest BCUT2D eigenvalue weighted by Gasteiger charge is 2.55. The lowest BCUT2D eigenvalue weighted by Gasteiger charge is -2.28. The van der Waals surface area contributed by atoms with E-state index < -0.39 is 9.75 Å². The molecule has 6 heteroatoms. The smallest absolute Gasteiger partial charge is 0.260 e. The van der Waals surface area contributed by atoms with Crippen molar-refractivity contribution in [3.05, 3.63) is 30.3 Å². The van der Waals surface area contributed by atoms with Gasteiger partial charge in [-0.05, 0) is 26.0 Å². The molecule has 1 aromatic rings. The molecule has 0 saturated carbocycles. The average Bonchev–Trinajstić information content (AvgIpc) is 2.56. The molecule has 0 aliphatic carbocycles. The number of rotatable bonds is 2. The van der Waals surface area contributed by atoms with Gasteiger partial charge >= 0.3 is 0 Å². The largest absolute Gasteiger partial charge is 0.324 e. The van der Waals surface area contributed by atoms with Crippen LogP contribution in [0.1, 0.15) is 13.8 Å². The molecule has 4 nitrogen and oxygen atoms in total. The van der Waals surface area contributed by atoms with Crippen molar-refractivity contribution in [2.45, 2.75) is 23.6 Å². The Bertz CT molecular complexity index is 463. The molecule has 0 radical (unpaired) electrons. The van der Waals surface area contributed by atoms with Crippen LogP contribution in [0.2, 0.25) is 0 Å². The van der Waals surface area contributed by atoms with Gasteiger partial charge in [-0.15, -0.1) is 4.52 Å². The third-order valence-corrected chi connectivity index (χ3v) is 4.51. The van der Waals surface area contributed by atoms with Gasteiger partial charge in [0.15, 0.2) is 0 Å². The molecule has 1 aliphatic rings. The van der Waals surface area contributed by atoms with Gasteiger partial charge < -0.3 is 5.32 Å². The molecule has 0 aromatic heterocycles. The molecule has 1 atom stereocenters. The predicted octanol–water partition coefficient (Wildman–Crippen LogP) is 3.45. The van der Waals surface area contributed by atoms with Crippen molar-refractivity contribution >= 4 is 35.1 Å². The topological polar surface area (TPSA) is 53.8 Å². The number of anilines is 1. The molecule has 2 rings (SSSR count). The first-order valence-corrected chi connectivity index (χ1v) is 6.27. The Morgan fingerprint density at radius 3 is 2.53 bits per heavy atom. The fourth-order valence-corrected chi connectivity index (χ4v) is 2.34. The van der Waals surface area contributed by atoms with Crippen molar-refractivity contribution in [3.63, 3.8) is 0 Å². The van der Waals surface area contributed by atoms with Crippen LogP contribution < -0.4 is 5.32 Å². The van der Waals surface area contributed by atoms with Gasteiger partial charge in [0, 0.05) is 17.6 Å². The van der Waals surface area contributed by atoms with E-state index in [9.17, 15) is 4.79 Å². The van der Waals surface area contributed by atoms with Crippen LogP contribution in [0.5, 0.6) is 0 Å². The maximum atomic E-state index is 12.2. The summed E-state index contributed by atoms with van der Waals surface area (Å²) in [7, 11) is 0. The van der Waals surface area contributed by atoms with E-state index in [0.29, 0.717) is 5.69 Å². The van der Waals surface area contributed by atoms with Gasteiger partial charge in [-0.2, -0.15) is 5.11 Å². The Morgan fingerprint density at radius 1 is 1.35 bits per heavy atom. The fourth-order valence-electron chi connectivity index (χ4n) is 1.41. The molecule has 1 N–H and O–H groups in total. The zero-order chi connectivity index (χ0) is 12.5. The molecule has 0 spiro atoms. The summed E-state index contributed by atoms with van der Waals surface area (Å²) in [6, 6.07) is 9.18. The number of alkyl halides is 1. The number of hydrogen-bond acceptors (Lipinski definition) is 4. The minimum Gasteiger partial charge on any atom is -0.324 e. The summed E-state index contributed by atoms with van der Waals surface area (Å²) in [5.74, 6) is -0.301. The Labute approximate surface area is 109 Å². The molecular weight excluding hydrogens is 258 g/mol. The number of carbonyl (C=O) groups excluding carboxylic acids is 1. The number of nitrogens with one attached hydrogen (secondary N) is 1. The lowest BCUT2D eigenvalue weighted by molar-refractivity contribution is -0.117. The highest BCUT2D eigenvalue weighted by Crippen LogP contribution is 2.49. The highest BCUT2D eigenvalue weighted by molar-refractivity contribution is 8.01. The Hall–Kier alpha value is -1.07. The van der Waals surface area contributed by atoms with Crippen molar-refractivity contribution in [1.82, 2.24) is 0 Å². The maximum absolute atomic E-state index is 12.2. The first kappa shape index (κ1) is 12.4. The minimum atomic E-state index is -1.19. The van der Waals surface area contributed by atoms with E-state index in [-0.39, 0.29) is 5.91 Å². The molecular formula is C11H12ClN3OS. The van der Waals surface area contributed by atoms with E-state index in [4.69, 9.17) is 11.6 Å². The summed E-state index contributed by atoms with van der Waals surface area (Å²) >= 11 is 7.32. The summed E-state index contributed by atoms with van der Waals surface area (Å²) < 4.78 is 2.61. The van der Waals surface area contributed by atoms with E-state index in [1.807, 2.05) is 18.2 Å². The summed E-state index contributed by atoms with van der Waals surface area (Å²) in [6.07, 6.45) is 0. The van der Waals surface area contributed by atoms with Gasteiger partial charge in [-0.1, -0.05) is 29.8 Å². The molecule has 90 valence electrons. The number of nitrogens with zero attached hydrogens (tertiary/aromatic N) is 2. The number of amides is 1. The van der Waals surface area contributed by atoms with Crippen LogP contribution in [-0.2, 0) is 4.79 Å². The lowest BCUT2D eigenvalue weighted by Crippen LogP contribution is -2.48. The van der Waals surface area contributed by atoms with Crippen molar-refractivity contribution in [3.8, 4) is 0 Å². The summed E-state index contributed by atoms with van der Waals surface area (Å²) in [4.78, 5) is 12.2. The zero-order valence-electron chi connectivity index (χ0n) is 9.48. The first-order chi connectivity index (χ1) is 7.96. The van der Waals surface area contributed by atoms with E-state index in [0.717, 1.165) is 11.9 Å². The Morgan fingerprint density at radius 2 is 2.00 bits per heavy atom. The van der Waals surface area contributed by atoms with Crippen LogP contribution in [0, 0.1) is 0 Å². The quantitative estimate of drug-likeness (QED) is 0.660. The number of hydrogen-bond donors (Lipinski definition) is 1. The second-order valence-electron chi connectivity index (χ2n) is 4.25. The van der Waals surface area contributed by atoms with E-state index in [2.05, 4.69) is 15.0 Å². The van der Waals surface area contributed by atoms with Crippen molar-refractivity contribution in [2.75, 3.05) is 5.32 Å². The van der Waals surface area contributed by atoms with Crippen molar-refractivity contribution in [1.29, 1.82) is 0 Å². The highest BCUT2D eigenvalue weighted by atomic mass is 35.5. The van der Waals surface area contributed by atoms with Crippen LogP contribution in [-0.4, -0.2) is 15.7 Å². The molecule has 1 aromatic carbocycles. The van der Waals surface area contributed by atoms with Gasteiger partial charge in [0.1, 0.15) is 5.54 Å². The standard InChI is InChI=1S/C11H12ClN3OS/c1-10(2)11(12,17-15-14-10)9(16)13-8-6-4-3-5-7-8/h3-7H,1-2H3,(H,13,16). The van der Waals surface area contributed by atoms with Gasteiger partial charge in [0.05, 0.1) is 0 Å². The number of para-hydroxylation sites is 1. The number of benzene rings is 1. The van der Waals surface area contributed by atoms with Crippen LogP contribution in [0.25, 0.3) is 0 Å². The molecule has 1 aliphatic heterocycles. The monoisotopic (exact) mass is 269 g/mol. The Balaban J connectivity index is 2.17. The molecule has 1 heterocycles. The molecule has 0 fully saturated rings. The summed E-state index contributed by atoms with van der Waals surface area (Å²) in [5.41, 5.74) is -0.0150.